The molecule has 1 N–H and O–H groups in total. The highest BCUT2D eigenvalue weighted by molar-refractivity contribution is 7.09. The lowest BCUT2D eigenvalue weighted by molar-refractivity contribution is 0.0627. The molecule has 1 aromatic rings. The van der Waals surface area contributed by atoms with Gasteiger partial charge in [0.1, 0.15) is 0 Å². The van der Waals surface area contributed by atoms with Crippen LogP contribution in [0.2, 0.25) is 0 Å². The van der Waals surface area contributed by atoms with Gasteiger partial charge in [-0.25, -0.2) is 0 Å². The van der Waals surface area contributed by atoms with Crippen LogP contribution in [-0.2, 0) is 6.42 Å². The van der Waals surface area contributed by atoms with E-state index in [4.69, 9.17) is 0 Å². The molecule has 2 rings (SSSR count). The van der Waals surface area contributed by atoms with Crippen molar-refractivity contribution in [1.82, 2.24) is 10.2 Å². The SMILES string of the molecule is CCN(CC)C1(C(CCc2cccs2)NC)CCCC1. The summed E-state index contributed by atoms with van der Waals surface area (Å²) in [5.41, 5.74) is 0.398. The van der Waals surface area contributed by atoms with E-state index in [1.54, 1.807) is 0 Å². The molecule has 1 unspecified atom stereocenters. The van der Waals surface area contributed by atoms with Gasteiger partial charge >= 0.3 is 0 Å². The molecule has 3 heteroatoms. The molecule has 114 valence electrons. The number of rotatable bonds is 8. The summed E-state index contributed by atoms with van der Waals surface area (Å²) in [5.74, 6) is 0. The molecular weight excluding hydrogens is 264 g/mol. The summed E-state index contributed by atoms with van der Waals surface area (Å²) in [7, 11) is 2.16. The van der Waals surface area contributed by atoms with Gasteiger partial charge in [-0.2, -0.15) is 0 Å². The normalized spacial score (nSPS) is 19.6. The van der Waals surface area contributed by atoms with E-state index < -0.39 is 0 Å². The largest absolute Gasteiger partial charge is 0.315 e. The number of nitrogens with zero attached hydrogens (tertiary/aromatic N) is 1. The lowest BCUT2D eigenvalue weighted by Crippen LogP contribution is -2.59. The number of aryl methyl sites for hydroxylation is 1. The zero-order valence-corrected chi connectivity index (χ0v) is 14.1. The summed E-state index contributed by atoms with van der Waals surface area (Å²) in [6, 6.07) is 5.06. The van der Waals surface area contributed by atoms with Gasteiger partial charge in [-0.05, 0) is 57.3 Å². The molecule has 2 nitrogen and oxygen atoms in total. The predicted octanol–water partition coefficient (Wildman–Crippen LogP) is 3.92. The molecule has 1 aromatic heterocycles. The highest BCUT2D eigenvalue weighted by Gasteiger charge is 2.43. The van der Waals surface area contributed by atoms with Crippen LogP contribution in [0.1, 0.15) is 50.8 Å². The smallest absolute Gasteiger partial charge is 0.0362 e. The van der Waals surface area contributed by atoms with Gasteiger partial charge in [-0.3, -0.25) is 4.90 Å². The Labute approximate surface area is 128 Å². The van der Waals surface area contributed by atoms with Crippen LogP contribution in [0.25, 0.3) is 0 Å². The first-order valence-corrected chi connectivity index (χ1v) is 9.09. The minimum Gasteiger partial charge on any atom is -0.315 e. The molecule has 0 aromatic carbocycles. The Balaban J connectivity index is 2.08. The Bertz CT molecular complexity index is 364. The first kappa shape index (κ1) is 16.0. The van der Waals surface area contributed by atoms with Crippen molar-refractivity contribution in [3.63, 3.8) is 0 Å². The Morgan fingerprint density at radius 1 is 1.30 bits per heavy atom. The maximum Gasteiger partial charge on any atom is 0.0362 e. The van der Waals surface area contributed by atoms with Crippen molar-refractivity contribution in [2.75, 3.05) is 20.1 Å². The van der Waals surface area contributed by atoms with Gasteiger partial charge in [0.25, 0.3) is 0 Å². The fraction of sp³-hybridized carbons (Fsp3) is 0.765. The molecule has 1 fully saturated rings. The van der Waals surface area contributed by atoms with Crippen molar-refractivity contribution in [2.24, 2.45) is 0 Å². The van der Waals surface area contributed by atoms with Crippen LogP contribution < -0.4 is 5.32 Å². The monoisotopic (exact) mass is 294 g/mol. The van der Waals surface area contributed by atoms with Crippen molar-refractivity contribution in [3.8, 4) is 0 Å². The van der Waals surface area contributed by atoms with Gasteiger partial charge in [0.2, 0.25) is 0 Å². The fourth-order valence-electron chi connectivity index (χ4n) is 4.15. The van der Waals surface area contributed by atoms with Gasteiger partial charge < -0.3 is 5.32 Å². The van der Waals surface area contributed by atoms with E-state index in [2.05, 4.69) is 48.6 Å². The molecule has 0 amide bonds. The van der Waals surface area contributed by atoms with Gasteiger partial charge in [0.15, 0.2) is 0 Å². The van der Waals surface area contributed by atoms with Crippen molar-refractivity contribution in [2.45, 2.75) is 64.0 Å². The summed E-state index contributed by atoms with van der Waals surface area (Å²) < 4.78 is 0. The fourth-order valence-corrected chi connectivity index (χ4v) is 4.87. The summed E-state index contributed by atoms with van der Waals surface area (Å²) in [6.07, 6.45) is 8.00. The van der Waals surface area contributed by atoms with E-state index in [1.807, 2.05) is 11.3 Å². The van der Waals surface area contributed by atoms with Crippen LogP contribution in [0.3, 0.4) is 0 Å². The maximum absolute atomic E-state index is 3.66. The molecule has 20 heavy (non-hydrogen) atoms. The van der Waals surface area contributed by atoms with Crippen LogP contribution >= 0.6 is 11.3 Å². The van der Waals surface area contributed by atoms with Crippen LogP contribution in [0.5, 0.6) is 0 Å². The molecule has 0 spiro atoms. The van der Waals surface area contributed by atoms with Crippen molar-refractivity contribution in [3.05, 3.63) is 22.4 Å². The summed E-state index contributed by atoms with van der Waals surface area (Å²) in [6.45, 7) is 6.98. The highest BCUT2D eigenvalue weighted by atomic mass is 32.1. The third-order valence-electron chi connectivity index (χ3n) is 5.12. The van der Waals surface area contributed by atoms with E-state index in [1.165, 1.54) is 56.5 Å². The van der Waals surface area contributed by atoms with E-state index >= 15 is 0 Å². The molecule has 1 atom stereocenters. The first-order valence-electron chi connectivity index (χ1n) is 8.21. The number of hydrogen-bond donors (Lipinski definition) is 1. The first-order chi connectivity index (χ1) is 9.76. The quantitative estimate of drug-likeness (QED) is 0.781. The van der Waals surface area contributed by atoms with Gasteiger partial charge in [0.05, 0.1) is 0 Å². The highest BCUT2D eigenvalue weighted by Crippen LogP contribution is 2.39. The Kier molecular flexibility index (Phi) is 6.06. The Hall–Kier alpha value is -0.380. The number of thiophene rings is 1. The maximum atomic E-state index is 3.66. The van der Waals surface area contributed by atoms with Gasteiger partial charge in [-0.1, -0.05) is 32.8 Å². The average molecular weight is 295 g/mol. The molecule has 1 aliphatic carbocycles. The van der Waals surface area contributed by atoms with Gasteiger partial charge in [-0.15, -0.1) is 11.3 Å². The molecule has 0 aliphatic heterocycles. The number of nitrogens with one attached hydrogen (secondary N) is 1. The van der Waals surface area contributed by atoms with E-state index in [9.17, 15) is 0 Å². The van der Waals surface area contributed by atoms with E-state index in [-0.39, 0.29) is 0 Å². The molecular formula is C17H30N2S. The average Bonchev–Trinajstić information content (AvgIpc) is 3.13. The Morgan fingerprint density at radius 3 is 2.50 bits per heavy atom. The van der Waals surface area contributed by atoms with Crippen LogP contribution in [0, 0.1) is 0 Å². The minimum atomic E-state index is 0.398. The second kappa shape index (κ2) is 7.58. The zero-order valence-electron chi connectivity index (χ0n) is 13.3. The second-order valence-electron chi connectivity index (χ2n) is 5.94. The minimum absolute atomic E-state index is 0.398. The van der Waals surface area contributed by atoms with Crippen LogP contribution in [-0.4, -0.2) is 36.6 Å². The topological polar surface area (TPSA) is 15.3 Å². The molecule has 0 radical (unpaired) electrons. The second-order valence-corrected chi connectivity index (χ2v) is 6.97. The lowest BCUT2D eigenvalue weighted by Gasteiger charge is -2.46. The van der Waals surface area contributed by atoms with Crippen molar-refractivity contribution < 1.29 is 0 Å². The van der Waals surface area contributed by atoms with E-state index in [0.717, 1.165) is 0 Å². The zero-order chi connectivity index (χ0) is 14.4. The molecule has 1 aliphatic rings. The standard InChI is InChI=1S/C17H30N2S/c1-4-19(5-2)17(12-6-7-13-17)16(18-3)11-10-15-9-8-14-20-15/h8-9,14,16,18H,4-7,10-13H2,1-3H3. The van der Waals surface area contributed by atoms with Crippen LogP contribution in [0.4, 0.5) is 0 Å². The Morgan fingerprint density at radius 2 is 2.00 bits per heavy atom. The number of likely N-dealkylation sites (N-methyl/N-ethyl adjacent to an activating group) is 2. The number of hydrogen-bond acceptors (Lipinski definition) is 3. The summed E-state index contributed by atoms with van der Waals surface area (Å²) >= 11 is 1.90. The molecule has 1 saturated carbocycles. The predicted molar refractivity (Wildman–Crippen MR) is 89.6 cm³/mol. The van der Waals surface area contributed by atoms with Crippen molar-refractivity contribution in [1.29, 1.82) is 0 Å². The van der Waals surface area contributed by atoms with E-state index in [0.29, 0.717) is 11.6 Å². The molecule has 0 bridgehead atoms. The lowest BCUT2D eigenvalue weighted by atomic mass is 9.83. The summed E-state index contributed by atoms with van der Waals surface area (Å²) in [5, 5.41) is 5.85. The van der Waals surface area contributed by atoms with Crippen LogP contribution in [0.15, 0.2) is 17.5 Å². The molecule has 0 saturated heterocycles. The third kappa shape index (κ3) is 3.26. The van der Waals surface area contributed by atoms with Crippen molar-refractivity contribution >= 4 is 11.3 Å². The summed E-state index contributed by atoms with van der Waals surface area (Å²) in [4.78, 5) is 4.24. The molecule has 1 heterocycles. The third-order valence-corrected chi connectivity index (χ3v) is 6.06. The van der Waals surface area contributed by atoms with Gasteiger partial charge in [0, 0.05) is 16.5 Å².